The van der Waals surface area contributed by atoms with Crippen molar-refractivity contribution in [2.75, 3.05) is 0 Å². The van der Waals surface area contributed by atoms with Gasteiger partial charge in [-0.15, -0.1) is 0 Å². The Labute approximate surface area is 202 Å². The number of hydrogen-bond acceptors (Lipinski definition) is 3. The van der Waals surface area contributed by atoms with Crippen molar-refractivity contribution < 1.29 is 36.0 Å². The summed E-state index contributed by atoms with van der Waals surface area (Å²) in [6.45, 7) is 1.90. The molecule has 0 saturated heterocycles. The van der Waals surface area contributed by atoms with Gasteiger partial charge in [-0.1, -0.05) is 35.8 Å². The van der Waals surface area contributed by atoms with Gasteiger partial charge in [0.05, 0.1) is 17.3 Å². The number of alkyl halides is 6. The van der Waals surface area contributed by atoms with Gasteiger partial charge in [-0.3, -0.25) is 4.79 Å². The number of carbonyl (C=O) groups is 1. The van der Waals surface area contributed by atoms with Crippen LogP contribution >= 0.6 is 11.6 Å². The second-order valence-corrected chi connectivity index (χ2v) is 9.12. The van der Waals surface area contributed by atoms with Crippen molar-refractivity contribution in [2.24, 2.45) is 5.16 Å². The fourth-order valence-electron chi connectivity index (χ4n) is 4.49. The third kappa shape index (κ3) is 4.85. The van der Waals surface area contributed by atoms with Crippen molar-refractivity contribution in [1.29, 1.82) is 0 Å². The van der Waals surface area contributed by atoms with Crippen molar-refractivity contribution in [2.45, 2.75) is 63.0 Å². The first kappa shape index (κ1) is 25.3. The van der Waals surface area contributed by atoms with Crippen LogP contribution in [0.5, 0.6) is 0 Å². The maximum absolute atomic E-state index is 14.2. The number of nitrogens with zero attached hydrogens (tertiary/aromatic N) is 1. The molecule has 2 aromatic rings. The van der Waals surface area contributed by atoms with Gasteiger partial charge in [0.2, 0.25) is 5.91 Å². The molecule has 4 nitrogen and oxygen atoms in total. The van der Waals surface area contributed by atoms with Gasteiger partial charge in [0.1, 0.15) is 0 Å². The smallest absolute Gasteiger partial charge is 0.374 e. The largest absolute Gasteiger partial charge is 0.435 e. The monoisotopic (exact) mass is 518 g/mol. The van der Waals surface area contributed by atoms with Gasteiger partial charge in [-0.05, 0) is 60.2 Å². The first-order chi connectivity index (χ1) is 16.3. The zero-order valence-corrected chi connectivity index (χ0v) is 19.2. The standard InChI is InChI=1S/C24H21ClF6N2O2/c1-2-3-21(34)32-19-7-5-13-8-14(4-6-18(13)19)20-12-22(35-33-20,24(29,30)31)15-9-16(23(26,27)28)11-17(25)10-15/h4,6,8-11,19H,2-3,5,7,12H2,1H3,(H,32,34). The van der Waals surface area contributed by atoms with Gasteiger partial charge in [-0.25, -0.2) is 0 Å². The SMILES string of the molecule is CCCC(=O)NC1CCc2cc(C3=NOC(c4cc(Cl)cc(C(F)(F)F)c4)(C(F)(F)F)C3)ccc21. The van der Waals surface area contributed by atoms with Gasteiger partial charge < -0.3 is 10.2 Å². The minimum absolute atomic E-state index is 0.0443. The van der Waals surface area contributed by atoms with Crippen molar-refractivity contribution in [3.63, 3.8) is 0 Å². The molecule has 188 valence electrons. The average Bonchev–Trinajstić information content (AvgIpc) is 3.38. The zero-order chi connectivity index (χ0) is 25.6. The van der Waals surface area contributed by atoms with Crippen molar-refractivity contribution in [1.82, 2.24) is 5.32 Å². The van der Waals surface area contributed by atoms with E-state index in [1.165, 1.54) is 0 Å². The lowest BCUT2D eigenvalue weighted by Gasteiger charge is -2.30. The molecule has 1 aliphatic heterocycles. The molecule has 1 aliphatic carbocycles. The molecule has 35 heavy (non-hydrogen) atoms. The predicted molar refractivity (Wildman–Crippen MR) is 117 cm³/mol. The highest BCUT2D eigenvalue weighted by molar-refractivity contribution is 6.30. The minimum Gasteiger partial charge on any atom is -0.374 e. The lowest BCUT2D eigenvalue weighted by atomic mass is 9.85. The Kier molecular flexibility index (Phi) is 6.54. The summed E-state index contributed by atoms with van der Waals surface area (Å²) in [6, 6.07) is 6.58. The fourth-order valence-corrected chi connectivity index (χ4v) is 4.72. The Balaban J connectivity index is 1.64. The van der Waals surface area contributed by atoms with E-state index in [9.17, 15) is 31.1 Å². The third-order valence-electron chi connectivity index (χ3n) is 6.24. The van der Waals surface area contributed by atoms with Crippen molar-refractivity contribution in [3.8, 4) is 0 Å². The van der Waals surface area contributed by atoms with E-state index in [1.54, 1.807) is 18.2 Å². The predicted octanol–water partition coefficient (Wildman–Crippen LogP) is 6.84. The summed E-state index contributed by atoms with van der Waals surface area (Å²) in [5.74, 6) is -0.0716. The second kappa shape index (κ2) is 9.04. The van der Waals surface area contributed by atoms with E-state index in [0.29, 0.717) is 43.4 Å². The summed E-state index contributed by atoms with van der Waals surface area (Å²) in [5, 5.41) is 6.10. The maximum Gasteiger partial charge on any atom is 0.435 e. The lowest BCUT2D eigenvalue weighted by Crippen LogP contribution is -2.43. The van der Waals surface area contributed by atoms with E-state index in [-0.39, 0.29) is 17.7 Å². The van der Waals surface area contributed by atoms with E-state index in [2.05, 4.69) is 10.5 Å². The zero-order valence-electron chi connectivity index (χ0n) is 18.5. The number of amides is 1. The number of halogens is 7. The Bertz CT molecular complexity index is 1180. The summed E-state index contributed by atoms with van der Waals surface area (Å²) in [4.78, 5) is 16.8. The number of rotatable bonds is 5. The van der Waals surface area contributed by atoms with Gasteiger partial charge in [0, 0.05) is 23.4 Å². The molecule has 1 amide bonds. The van der Waals surface area contributed by atoms with E-state index in [0.717, 1.165) is 17.2 Å². The lowest BCUT2D eigenvalue weighted by molar-refractivity contribution is -0.276. The molecule has 0 radical (unpaired) electrons. The number of oxime groups is 1. The van der Waals surface area contributed by atoms with Crippen LogP contribution < -0.4 is 5.32 Å². The van der Waals surface area contributed by atoms with Crippen LogP contribution in [0, 0.1) is 0 Å². The molecule has 11 heteroatoms. The minimum atomic E-state index is -5.07. The normalized spacial score (nSPS) is 21.9. The van der Waals surface area contributed by atoms with Gasteiger partial charge in [0.25, 0.3) is 5.60 Å². The summed E-state index contributed by atoms with van der Waals surface area (Å²) in [5.41, 5.74) is -3.13. The van der Waals surface area contributed by atoms with Crippen LogP contribution in [0.15, 0.2) is 41.6 Å². The molecule has 1 heterocycles. The average molecular weight is 519 g/mol. The van der Waals surface area contributed by atoms with Crippen molar-refractivity contribution in [3.05, 3.63) is 69.2 Å². The highest BCUT2D eigenvalue weighted by Gasteiger charge is 2.62. The van der Waals surface area contributed by atoms with Gasteiger partial charge >= 0.3 is 12.4 Å². The molecular formula is C24H21ClF6N2O2. The Hall–Kier alpha value is -2.75. The third-order valence-corrected chi connectivity index (χ3v) is 6.46. The Morgan fingerprint density at radius 1 is 1.17 bits per heavy atom. The summed E-state index contributed by atoms with van der Waals surface area (Å²) < 4.78 is 82.5. The Morgan fingerprint density at radius 3 is 2.57 bits per heavy atom. The Morgan fingerprint density at radius 2 is 1.91 bits per heavy atom. The van der Waals surface area contributed by atoms with Crippen LogP contribution in [0.1, 0.15) is 66.5 Å². The highest BCUT2D eigenvalue weighted by atomic mass is 35.5. The van der Waals surface area contributed by atoms with Gasteiger partial charge in [-0.2, -0.15) is 26.3 Å². The molecule has 0 aromatic heterocycles. The number of aryl methyl sites for hydroxylation is 1. The quantitative estimate of drug-likeness (QED) is 0.440. The highest BCUT2D eigenvalue weighted by Crippen LogP contribution is 2.50. The number of benzene rings is 2. The molecule has 1 N–H and O–H groups in total. The summed E-state index contributed by atoms with van der Waals surface area (Å²) >= 11 is 5.74. The van der Waals surface area contributed by atoms with E-state index in [1.807, 2.05) is 6.92 Å². The maximum atomic E-state index is 14.2. The molecule has 0 bridgehead atoms. The van der Waals surface area contributed by atoms with Gasteiger partial charge in [0.15, 0.2) is 0 Å². The number of hydrogen-bond donors (Lipinski definition) is 1. The molecule has 0 spiro atoms. The molecule has 0 saturated carbocycles. The molecule has 2 aliphatic rings. The topological polar surface area (TPSA) is 50.7 Å². The van der Waals surface area contributed by atoms with Crippen LogP contribution in [0.4, 0.5) is 26.3 Å². The van der Waals surface area contributed by atoms with Crippen LogP contribution in [0.3, 0.4) is 0 Å². The van der Waals surface area contributed by atoms with Crippen LogP contribution in [-0.2, 0) is 27.8 Å². The molecule has 4 rings (SSSR count). The molecule has 2 aromatic carbocycles. The van der Waals surface area contributed by atoms with Crippen LogP contribution in [0.25, 0.3) is 0 Å². The number of carbonyl (C=O) groups excluding carboxylic acids is 1. The molecule has 2 atom stereocenters. The van der Waals surface area contributed by atoms with E-state index < -0.39 is 40.5 Å². The number of nitrogens with one attached hydrogen (secondary N) is 1. The fraction of sp³-hybridized carbons (Fsp3) is 0.417. The van der Waals surface area contributed by atoms with Crippen LogP contribution in [-0.4, -0.2) is 17.8 Å². The number of fused-ring (bicyclic) bond motifs is 1. The van der Waals surface area contributed by atoms with E-state index >= 15 is 0 Å². The molecule has 0 fully saturated rings. The molecular weight excluding hydrogens is 498 g/mol. The first-order valence-corrected chi connectivity index (χ1v) is 11.3. The second-order valence-electron chi connectivity index (χ2n) is 8.68. The van der Waals surface area contributed by atoms with E-state index in [4.69, 9.17) is 16.4 Å². The molecule has 2 unspecified atom stereocenters. The van der Waals surface area contributed by atoms with Crippen molar-refractivity contribution >= 4 is 23.2 Å². The summed E-state index contributed by atoms with van der Waals surface area (Å²) in [6.07, 6.45) is -8.40. The first-order valence-electron chi connectivity index (χ1n) is 11.0. The summed E-state index contributed by atoms with van der Waals surface area (Å²) in [7, 11) is 0. The van der Waals surface area contributed by atoms with Crippen LogP contribution in [0.2, 0.25) is 5.02 Å².